The molecule has 0 radical (unpaired) electrons. The molecule has 2 heterocycles. The zero-order chi connectivity index (χ0) is 19.3. The largest absolute Gasteiger partial charge is 0.343 e. The number of hydrogen-bond donors (Lipinski definition) is 0. The Balaban J connectivity index is 1.85. The van der Waals surface area contributed by atoms with Crippen molar-refractivity contribution in [2.45, 2.75) is 33.2 Å². The molecule has 0 saturated carbocycles. The third-order valence-corrected chi connectivity index (χ3v) is 6.19. The van der Waals surface area contributed by atoms with Crippen molar-refractivity contribution in [3.63, 3.8) is 0 Å². The molecule has 1 aliphatic carbocycles. The predicted octanol–water partition coefficient (Wildman–Crippen LogP) is 3.87. The fraction of sp³-hybridized carbons (Fsp3) is 0.435. The first-order valence-corrected chi connectivity index (χ1v) is 9.96. The molecular formula is C23H29N3O. The van der Waals surface area contributed by atoms with Gasteiger partial charge in [-0.15, -0.1) is 0 Å². The first-order valence-electron chi connectivity index (χ1n) is 9.96. The maximum absolute atomic E-state index is 13.0. The van der Waals surface area contributed by atoms with Crippen LogP contribution in [0.25, 0.3) is 22.2 Å². The lowest BCUT2D eigenvalue weighted by Crippen LogP contribution is -2.47. The third-order valence-electron chi connectivity index (χ3n) is 6.19. The summed E-state index contributed by atoms with van der Waals surface area (Å²) in [5.41, 5.74) is 6.22. The van der Waals surface area contributed by atoms with Gasteiger partial charge < -0.3 is 9.47 Å². The SMILES string of the molecule is C=C(C)n1cc2c3c(cccc31)C1=C[C@@H](C(=O)N(CC)CC)CN(C)[C@@H]1C2. The number of nitrogens with zero attached hydrogens (tertiary/aromatic N) is 3. The van der Waals surface area contributed by atoms with E-state index in [0.29, 0.717) is 6.04 Å². The zero-order valence-corrected chi connectivity index (χ0v) is 16.8. The predicted molar refractivity (Wildman–Crippen MR) is 112 cm³/mol. The van der Waals surface area contributed by atoms with Gasteiger partial charge in [-0.25, -0.2) is 0 Å². The molecule has 2 atom stereocenters. The van der Waals surface area contributed by atoms with Gasteiger partial charge in [0.1, 0.15) is 0 Å². The second-order valence-corrected chi connectivity index (χ2v) is 7.86. The molecular weight excluding hydrogens is 334 g/mol. The summed E-state index contributed by atoms with van der Waals surface area (Å²) in [6, 6.07) is 6.85. The molecule has 4 nitrogen and oxygen atoms in total. The Hall–Kier alpha value is -2.33. The van der Waals surface area contributed by atoms with Crippen molar-refractivity contribution in [3.05, 3.63) is 48.2 Å². The average Bonchev–Trinajstić information content (AvgIpc) is 3.04. The Morgan fingerprint density at radius 1 is 1.30 bits per heavy atom. The molecule has 0 spiro atoms. The van der Waals surface area contributed by atoms with E-state index in [1.54, 1.807) is 0 Å². The first kappa shape index (κ1) is 18.1. The van der Waals surface area contributed by atoms with Crippen molar-refractivity contribution in [2.75, 3.05) is 26.7 Å². The Labute approximate surface area is 161 Å². The lowest BCUT2D eigenvalue weighted by atomic mass is 9.79. The number of likely N-dealkylation sites (N-methyl/N-ethyl adjacent to an activating group) is 1. The van der Waals surface area contributed by atoms with E-state index < -0.39 is 0 Å². The molecule has 142 valence electrons. The highest BCUT2D eigenvalue weighted by atomic mass is 16.2. The first-order chi connectivity index (χ1) is 13.0. The van der Waals surface area contributed by atoms with Crippen LogP contribution >= 0.6 is 0 Å². The fourth-order valence-electron chi connectivity index (χ4n) is 4.80. The van der Waals surface area contributed by atoms with Crippen molar-refractivity contribution in [1.29, 1.82) is 0 Å². The second-order valence-electron chi connectivity index (χ2n) is 7.86. The van der Waals surface area contributed by atoms with E-state index in [2.05, 4.69) is 67.4 Å². The van der Waals surface area contributed by atoms with Gasteiger partial charge in [0, 0.05) is 43.0 Å². The fourth-order valence-corrected chi connectivity index (χ4v) is 4.80. The van der Waals surface area contributed by atoms with E-state index >= 15 is 0 Å². The van der Waals surface area contributed by atoms with Gasteiger partial charge in [-0.2, -0.15) is 0 Å². The second kappa shape index (κ2) is 6.68. The van der Waals surface area contributed by atoms with Crippen LogP contribution < -0.4 is 0 Å². The van der Waals surface area contributed by atoms with Crippen molar-refractivity contribution >= 4 is 28.1 Å². The summed E-state index contributed by atoms with van der Waals surface area (Å²) in [4.78, 5) is 17.3. The molecule has 2 aliphatic rings. The number of aromatic nitrogens is 1. The average molecular weight is 364 g/mol. The van der Waals surface area contributed by atoms with Crippen LogP contribution in [0.1, 0.15) is 31.9 Å². The number of carbonyl (C=O) groups excluding carboxylic acids is 1. The highest BCUT2D eigenvalue weighted by Gasteiger charge is 2.36. The molecule has 0 unspecified atom stereocenters. The van der Waals surface area contributed by atoms with Gasteiger partial charge in [-0.05, 0) is 57.0 Å². The van der Waals surface area contributed by atoms with Gasteiger partial charge in [0.2, 0.25) is 5.91 Å². The van der Waals surface area contributed by atoms with Crippen LogP contribution in [0.5, 0.6) is 0 Å². The number of rotatable bonds is 4. The van der Waals surface area contributed by atoms with Crippen LogP contribution in [-0.2, 0) is 11.2 Å². The van der Waals surface area contributed by atoms with E-state index in [0.717, 1.165) is 31.8 Å². The molecule has 2 aromatic rings. The molecule has 4 rings (SSSR count). The summed E-state index contributed by atoms with van der Waals surface area (Å²) in [6.45, 7) is 12.6. The summed E-state index contributed by atoms with van der Waals surface area (Å²) in [5, 5.41) is 1.33. The number of fused-ring (bicyclic) bond motifs is 2. The molecule has 4 heteroatoms. The Morgan fingerprint density at radius 3 is 2.70 bits per heavy atom. The molecule has 1 amide bonds. The maximum atomic E-state index is 13.0. The number of allylic oxidation sites excluding steroid dienone is 1. The van der Waals surface area contributed by atoms with Gasteiger partial charge in [-0.1, -0.05) is 24.8 Å². The summed E-state index contributed by atoms with van der Waals surface area (Å²) in [5.74, 6) is 0.177. The van der Waals surface area contributed by atoms with Crippen LogP contribution in [0.15, 0.2) is 37.1 Å². The third kappa shape index (κ3) is 2.74. The highest BCUT2D eigenvalue weighted by molar-refractivity contribution is 6.00. The topological polar surface area (TPSA) is 28.5 Å². The normalized spacial score (nSPS) is 21.7. The summed E-state index contributed by atoms with van der Waals surface area (Å²) in [7, 11) is 2.15. The molecule has 1 aliphatic heterocycles. The van der Waals surface area contributed by atoms with Gasteiger partial charge in [0.05, 0.1) is 11.4 Å². The quantitative estimate of drug-likeness (QED) is 0.825. The highest BCUT2D eigenvalue weighted by Crippen LogP contribution is 2.42. The zero-order valence-electron chi connectivity index (χ0n) is 16.8. The lowest BCUT2D eigenvalue weighted by molar-refractivity contribution is -0.134. The lowest BCUT2D eigenvalue weighted by Gasteiger charge is -2.40. The Morgan fingerprint density at radius 2 is 2.04 bits per heavy atom. The number of amides is 1. The van der Waals surface area contributed by atoms with Crippen molar-refractivity contribution in [2.24, 2.45) is 5.92 Å². The standard InChI is InChI=1S/C23H29N3O/c1-6-25(7-2)23(27)17-11-19-18-9-8-10-20-22(18)16(14-26(20)15(3)4)12-21(19)24(5)13-17/h8-11,14,17,21H,3,6-7,12-13H2,1-2,4-5H3/t17-,21-/m1/s1. The molecule has 0 fully saturated rings. The van der Waals surface area contributed by atoms with Crippen LogP contribution in [0.3, 0.4) is 0 Å². The van der Waals surface area contributed by atoms with Gasteiger partial charge in [-0.3, -0.25) is 9.69 Å². The molecule has 0 N–H and O–H groups in total. The van der Waals surface area contributed by atoms with E-state index in [4.69, 9.17) is 0 Å². The van der Waals surface area contributed by atoms with Gasteiger partial charge in [0.25, 0.3) is 0 Å². The minimum atomic E-state index is -0.0683. The van der Waals surface area contributed by atoms with Crippen molar-refractivity contribution in [1.82, 2.24) is 14.4 Å². The number of benzene rings is 1. The van der Waals surface area contributed by atoms with Crippen LogP contribution in [-0.4, -0.2) is 53.0 Å². The molecule has 1 aromatic carbocycles. The Kier molecular flexibility index (Phi) is 4.47. The van der Waals surface area contributed by atoms with Crippen molar-refractivity contribution in [3.8, 4) is 0 Å². The smallest absolute Gasteiger partial charge is 0.230 e. The molecule has 27 heavy (non-hydrogen) atoms. The van der Waals surface area contributed by atoms with Gasteiger partial charge in [0.15, 0.2) is 0 Å². The van der Waals surface area contributed by atoms with E-state index in [1.165, 1.54) is 27.6 Å². The minimum Gasteiger partial charge on any atom is -0.343 e. The monoisotopic (exact) mass is 363 g/mol. The maximum Gasteiger partial charge on any atom is 0.230 e. The van der Waals surface area contributed by atoms with E-state index in [1.807, 2.05) is 11.8 Å². The number of carbonyl (C=O) groups is 1. The van der Waals surface area contributed by atoms with Crippen LogP contribution in [0.2, 0.25) is 0 Å². The van der Waals surface area contributed by atoms with E-state index in [-0.39, 0.29) is 11.8 Å². The number of hydrogen-bond acceptors (Lipinski definition) is 2. The van der Waals surface area contributed by atoms with Crippen LogP contribution in [0.4, 0.5) is 0 Å². The summed E-state index contributed by atoms with van der Waals surface area (Å²) < 4.78 is 2.20. The summed E-state index contributed by atoms with van der Waals surface area (Å²) in [6.07, 6.45) is 5.48. The Bertz CT molecular complexity index is 948. The van der Waals surface area contributed by atoms with Crippen molar-refractivity contribution < 1.29 is 4.79 Å². The molecule has 0 saturated heterocycles. The summed E-state index contributed by atoms with van der Waals surface area (Å²) >= 11 is 0. The molecule has 1 aromatic heterocycles. The van der Waals surface area contributed by atoms with E-state index in [9.17, 15) is 4.79 Å². The molecule has 0 bridgehead atoms. The van der Waals surface area contributed by atoms with Gasteiger partial charge >= 0.3 is 0 Å². The minimum absolute atomic E-state index is 0.0683. The van der Waals surface area contributed by atoms with Crippen LogP contribution in [0, 0.1) is 5.92 Å².